The lowest BCUT2D eigenvalue weighted by molar-refractivity contribution is 0.171. The monoisotopic (exact) mass is 293 g/mol. The van der Waals surface area contributed by atoms with Gasteiger partial charge in [0.1, 0.15) is 19.0 Å². The van der Waals surface area contributed by atoms with Gasteiger partial charge in [0, 0.05) is 10.6 Å². The number of fused-ring (bicyclic) bond motifs is 1. The lowest BCUT2D eigenvalue weighted by atomic mass is 9.98. The summed E-state index contributed by atoms with van der Waals surface area (Å²) < 4.78 is 24.9. The summed E-state index contributed by atoms with van der Waals surface area (Å²) >= 11 is 6.04. The topological polar surface area (TPSA) is 44.5 Å². The van der Waals surface area contributed by atoms with Crippen LogP contribution in [-0.2, 0) is 0 Å². The zero-order chi connectivity index (χ0) is 14.1. The molecule has 0 radical (unpaired) electrons. The van der Waals surface area contributed by atoms with Crippen LogP contribution in [0, 0.1) is 5.82 Å². The van der Waals surface area contributed by atoms with E-state index >= 15 is 0 Å². The van der Waals surface area contributed by atoms with Crippen molar-refractivity contribution in [3.8, 4) is 11.5 Å². The Kier molecular flexibility index (Phi) is 3.51. The highest BCUT2D eigenvalue weighted by Gasteiger charge is 2.20. The van der Waals surface area contributed by atoms with Crippen LogP contribution in [0.2, 0.25) is 5.02 Å². The van der Waals surface area contributed by atoms with E-state index in [-0.39, 0.29) is 5.56 Å². The van der Waals surface area contributed by atoms with Gasteiger partial charge in [-0.25, -0.2) is 4.39 Å². The van der Waals surface area contributed by atoms with E-state index in [1.165, 1.54) is 6.07 Å². The van der Waals surface area contributed by atoms with Crippen LogP contribution in [0.15, 0.2) is 36.4 Å². The van der Waals surface area contributed by atoms with Crippen molar-refractivity contribution in [2.24, 2.45) is 5.73 Å². The highest BCUT2D eigenvalue weighted by atomic mass is 35.5. The standard InChI is InChI=1S/C15H13ClFNO2/c16-10-2-1-3-11(17)14(10)15(18)9-4-5-12-13(8-9)20-7-6-19-12/h1-5,8,15H,6-7,18H2. The fraction of sp³-hybridized carbons (Fsp3) is 0.200. The summed E-state index contributed by atoms with van der Waals surface area (Å²) in [6.07, 6.45) is 0. The molecule has 0 aromatic heterocycles. The van der Waals surface area contributed by atoms with Gasteiger partial charge in [0.15, 0.2) is 11.5 Å². The largest absolute Gasteiger partial charge is 0.486 e. The van der Waals surface area contributed by atoms with Gasteiger partial charge in [0.2, 0.25) is 0 Å². The third-order valence-corrected chi connectivity index (χ3v) is 3.57. The van der Waals surface area contributed by atoms with E-state index < -0.39 is 11.9 Å². The molecule has 0 fully saturated rings. The van der Waals surface area contributed by atoms with Crippen molar-refractivity contribution in [1.82, 2.24) is 0 Å². The number of ether oxygens (including phenoxy) is 2. The molecule has 2 aromatic carbocycles. The zero-order valence-electron chi connectivity index (χ0n) is 10.6. The second-order valence-electron chi connectivity index (χ2n) is 4.52. The van der Waals surface area contributed by atoms with E-state index in [1.807, 2.05) is 0 Å². The first kappa shape index (κ1) is 13.2. The van der Waals surface area contributed by atoms with E-state index in [0.717, 1.165) is 5.56 Å². The normalized spacial score (nSPS) is 14.9. The first-order valence-electron chi connectivity index (χ1n) is 6.26. The van der Waals surface area contributed by atoms with E-state index in [2.05, 4.69) is 0 Å². The van der Waals surface area contributed by atoms with Gasteiger partial charge < -0.3 is 15.2 Å². The van der Waals surface area contributed by atoms with E-state index in [0.29, 0.717) is 29.7 Å². The van der Waals surface area contributed by atoms with Crippen LogP contribution in [0.4, 0.5) is 4.39 Å². The molecular weight excluding hydrogens is 281 g/mol. The van der Waals surface area contributed by atoms with Crippen molar-refractivity contribution in [2.75, 3.05) is 13.2 Å². The smallest absolute Gasteiger partial charge is 0.161 e. The van der Waals surface area contributed by atoms with Crippen molar-refractivity contribution in [2.45, 2.75) is 6.04 Å². The molecule has 1 aliphatic rings. The Hall–Kier alpha value is -1.78. The molecule has 0 saturated heterocycles. The van der Waals surface area contributed by atoms with E-state index in [4.69, 9.17) is 26.8 Å². The van der Waals surface area contributed by atoms with Gasteiger partial charge in [-0.05, 0) is 29.8 Å². The maximum absolute atomic E-state index is 13.9. The molecule has 0 saturated carbocycles. The molecule has 0 aliphatic carbocycles. The van der Waals surface area contributed by atoms with Crippen LogP contribution >= 0.6 is 11.6 Å². The van der Waals surface area contributed by atoms with Crippen molar-refractivity contribution < 1.29 is 13.9 Å². The Morgan fingerprint density at radius 2 is 1.85 bits per heavy atom. The average molecular weight is 294 g/mol. The second kappa shape index (κ2) is 5.31. The summed E-state index contributed by atoms with van der Waals surface area (Å²) in [7, 11) is 0. The minimum Gasteiger partial charge on any atom is -0.486 e. The van der Waals surface area contributed by atoms with Gasteiger partial charge in [0.05, 0.1) is 6.04 Å². The summed E-state index contributed by atoms with van der Waals surface area (Å²) in [6, 6.07) is 9.20. The fourth-order valence-corrected chi connectivity index (χ4v) is 2.51. The second-order valence-corrected chi connectivity index (χ2v) is 4.92. The minimum atomic E-state index is -0.653. The number of benzene rings is 2. The Labute approximate surface area is 121 Å². The predicted octanol–water partition coefficient (Wildman–Crippen LogP) is 3.30. The third-order valence-electron chi connectivity index (χ3n) is 3.24. The molecule has 0 bridgehead atoms. The maximum Gasteiger partial charge on any atom is 0.161 e. The molecule has 0 spiro atoms. The van der Waals surface area contributed by atoms with Crippen LogP contribution in [0.3, 0.4) is 0 Å². The maximum atomic E-state index is 13.9. The number of rotatable bonds is 2. The molecule has 3 rings (SSSR count). The van der Waals surface area contributed by atoms with Crippen LogP contribution in [-0.4, -0.2) is 13.2 Å². The first-order valence-corrected chi connectivity index (χ1v) is 6.63. The quantitative estimate of drug-likeness (QED) is 0.924. The van der Waals surface area contributed by atoms with Gasteiger partial charge >= 0.3 is 0 Å². The van der Waals surface area contributed by atoms with Crippen molar-refractivity contribution in [1.29, 1.82) is 0 Å². The molecule has 1 atom stereocenters. The molecule has 1 heterocycles. The fourth-order valence-electron chi connectivity index (χ4n) is 2.23. The SMILES string of the molecule is NC(c1ccc2c(c1)OCCO2)c1c(F)cccc1Cl. The molecule has 2 aromatic rings. The van der Waals surface area contributed by atoms with Gasteiger partial charge in [-0.1, -0.05) is 23.7 Å². The highest BCUT2D eigenvalue weighted by Crippen LogP contribution is 2.35. The van der Waals surface area contributed by atoms with E-state index in [1.54, 1.807) is 30.3 Å². The van der Waals surface area contributed by atoms with Crippen LogP contribution in [0.1, 0.15) is 17.2 Å². The molecular formula is C15H13ClFNO2. The lowest BCUT2D eigenvalue weighted by Crippen LogP contribution is -2.18. The molecule has 2 N–H and O–H groups in total. The van der Waals surface area contributed by atoms with Gasteiger partial charge in [0.25, 0.3) is 0 Å². The third kappa shape index (κ3) is 2.32. The van der Waals surface area contributed by atoms with Gasteiger partial charge in [-0.15, -0.1) is 0 Å². The molecule has 104 valence electrons. The number of hydrogen-bond acceptors (Lipinski definition) is 3. The first-order chi connectivity index (χ1) is 9.66. The van der Waals surface area contributed by atoms with E-state index in [9.17, 15) is 4.39 Å². The number of halogens is 2. The summed E-state index contributed by atoms with van der Waals surface area (Å²) in [4.78, 5) is 0. The molecule has 20 heavy (non-hydrogen) atoms. The lowest BCUT2D eigenvalue weighted by Gasteiger charge is -2.21. The van der Waals surface area contributed by atoms with Gasteiger partial charge in [-0.2, -0.15) is 0 Å². The zero-order valence-corrected chi connectivity index (χ0v) is 11.4. The average Bonchev–Trinajstić information content (AvgIpc) is 2.46. The van der Waals surface area contributed by atoms with Gasteiger partial charge in [-0.3, -0.25) is 0 Å². The summed E-state index contributed by atoms with van der Waals surface area (Å²) in [5, 5.41) is 0.312. The van der Waals surface area contributed by atoms with Crippen LogP contribution in [0.25, 0.3) is 0 Å². The molecule has 3 nitrogen and oxygen atoms in total. The Morgan fingerprint density at radius 3 is 2.60 bits per heavy atom. The van der Waals surface area contributed by atoms with Crippen LogP contribution < -0.4 is 15.2 Å². The molecule has 0 amide bonds. The van der Waals surface area contributed by atoms with Crippen molar-refractivity contribution >= 4 is 11.6 Å². The predicted molar refractivity (Wildman–Crippen MR) is 74.9 cm³/mol. The number of hydrogen-bond donors (Lipinski definition) is 1. The summed E-state index contributed by atoms with van der Waals surface area (Å²) in [5.41, 5.74) is 7.14. The van der Waals surface area contributed by atoms with Crippen molar-refractivity contribution in [3.63, 3.8) is 0 Å². The summed E-state index contributed by atoms with van der Waals surface area (Å²) in [6.45, 7) is 1.02. The summed E-state index contributed by atoms with van der Waals surface area (Å²) in [5.74, 6) is 0.878. The molecule has 5 heteroatoms. The number of nitrogens with two attached hydrogens (primary N) is 1. The highest BCUT2D eigenvalue weighted by molar-refractivity contribution is 6.31. The Morgan fingerprint density at radius 1 is 1.10 bits per heavy atom. The van der Waals surface area contributed by atoms with Crippen molar-refractivity contribution in [3.05, 3.63) is 58.4 Å². The Balaban J connectivity index is 2.00. The van der Waals surface area contributed by atoms with Crippen LogP contribution in [0.5, 0.6) is 11.5 Å². The molecule has 1 aliphatic heterocycles. The molecule has 1 unspecified atom stereocenters. The minimum absolute atomic E-state index is 0.283. The Bertz CT molecular complexity index is 628.